The highest BCUT2D eigenvalue weighted by Gasteiger charge is 2.21. The Morgan fingerprint density at radius 3 is 2.69 bits per heavy atom. The second-order valence-electron chi connectivity index (χ2n) is 8.08. The predicted molar refractivity (Wildman–Crippen MR) is 115 cm³/mol. The molecule has 0 amide bonds. The number of piperidine rings is 1. The van der Waals surface area contributed by atoms with Crippen LogP contribution >= 0.6 is 0 Å². The number of aromatic hydroxyl groups is 1. The van der Waals surface area contributed by atoms with Gasteiger partial charge in [0.15, 0.2) is 0 Å². The Hall–Kier alpha value is -2.79. The van der Waals surface area contributed by atoms with Crippen molar-refractivity contribution in [3.05, 3.63) is 57.9 Å². The summed E-state index contributed by atoms with van der Waals surface area (Å²) in [6.07, 6.45) is 2.44. The molecule has 0 bridgehead atoms. The number of likely N-dealkylation sites (tertiary alicyclic amines) is 1. The average Bonchev–Trinajstić information content (AvgIpc) is 2.72. The second kappa shape index (κ2) is 7.91. The van der Waals surface area contributed by atoms with E-state index in [2.05, 4.69) is 11.8 Å². The van der Waals surface area contributed by atoms with Gasteiger partial charge in [-0.15, -0.1) is 0 Å². The standard InChI is InChI=1S/C24H27NO4/c1-15-5-4-10-25(13-15)14-18-11-21-20(17-6-8-19(28-3)9-7-17)12-22(26)29-24(21)16(2)23(18)27/h6-9,11-12,15,27H,4-5,10,13-14H2,1-3H3/t15-/m1/s1. The van der Waals surface area contributed by atoms with E-state index in [1.807, 2.05) is 30.3 Å². The molecule has 1 atom stereocenters. The van der Waals surface area contributed by atoms with Gasteiger partial charge in [-0.3, -0.25) is 4.90 Å². The molecule has 0 spiro atoms. The lowest BCUT2D eigenvalue weighted by atomic mass is 9.96. The van der Waals surface area contributed by atoms with Gasteiger partial charge in [-0.25, -0.2) is 4.79 Å². The van der Waals surface area contributed by atoms with Crippen molar-refractivity contribution in [3.8, 4) is 22.6 Å². The normalized spacial score (nSPS) is 17.6. The van der Waals surface area contributed by atoms with E-state index in [9.17, 15) is 9.90 Å². The molecular weight excluding hydrogens is 366 g/mol. The van der Waals surface area contributed by atoms with Crippen molar-refractivity contribution in [3.63, 3.8) is 0 Å². The Balaban J connectivity index is 1.83. The number of hydrogen-bond donors (Lipinski definition) is 1. The molecule has 29 heavy (non-hydrogen) atoms. The summed E-state index contributed by atoms with van der Waals surface area (Å²) in [5.41, 5.74) is 3.20. The second-order valence-corrected chi connectivity index (χ2v) is 8.08. The largest absolute Gasteiger partial charge is 0.507 e. The van der Waals surface area contributed by atoms with E-state index in [1.165, 1.54) is 18.9 Å². The maximum Gasteiger partial charge on any atom is 0.336 e. The van der Waals surface area contributed by atoms with Crippen LogP contribution in [0.1, 0.15) is 30.9 Å². The highest BCUT2D eigenvalue weighted by Crippen LogP contribution is 2.36. The first-order valence-corrected chi connectivity index (χ1v) is 10.1. The predicted octanol–water partition coefficient (Wildman–Crippen LogP) is 4.71. The Bertz CT molecular complexity index is 1080. The number of methoxy groups -OCH3 is 1. The van der Waals surface area contributed by atoms with Crippen LogP contribution in [-0.2, 0) is 6.54 Å². The van der Waals surface area contributed by atoms with Gasteiger partial charge in [-0.1, -0.05) is 19.1 Å². The minimum atomic E-state index is -0.427. The molecule has 0 radical (unpaired) electrons. The number of ether oxygens (including phenoxy) is 1. The van der Waals surface area contributed by atoms with Crippen LogP contribution in [0.15, 0.2) is 45.6 Å². The van der Waals surface area contributed by atoms with Gasteiger partial charge >= 0.3 is 5.63 Å². The molecule has 5 nitrogen and oxygen atoms in total. The number of rotatable bonds is 4. The lowest BCUT2D eigenvalue weighted by Crippen LogP contribution is -2.33. The fraction of sp³-hybridized carbons (Fsp3) is 0.375. The third-order valence-corrected chi connectivity index (χ3v) is 5.85. The average molecular weight is 393 g/mol. The summed E-state index contributed by atoms with van der Waals surface area (Å²) in [7, 11) is 1.63. The Morgan fingerprint density at radius 2 is 2.00 bits per heavy atom. The van der Waals surface area contributed by atoms with Crippen LogP contribution in [0.4, 0.5) is 0 Å². The van der Waals surface area contributed by atoms with Gasteiger partial charge in [0.05, 0.1) is 7.11 Å². The minimum absolute atomic E-state index is 0.214. The van der Waals surface area contributed by atoms with Crippen molar-refractivity contribution in [1.82, 2.24) is 4.90 Å². The summed E-state index contributed by atoms with van der Waals surface area (Å²) < 4.78 is 10.7. The van der Waals surface area contributed by atoms with Gasteiger partial charge in [0.25, 0.3) is 0 Å². The number of nitrogens with zero attached hydrogens (tertiary/aromatic N) is 1. The first-order valence-electron chi connectivity index (χ1n) is 10.1. The highest BCUT2D eigenvalue weighted by atomic mass is 16.5. The lowest BCUT2D eigenvalue weighted by Gasteiger charge is -2.31. The van der Waals surface area contributed by atoms with Crippen molar-refractivity contribution in [1.29, 1.82) is 0 Å². The van der Waals surface area contributed by atoms with Crippen LogP contribution in [0.25, 0.3) is 22.1 Å². The van der Waals surface area contributed by atoms with Crippen LogP contribution < -0.4 is 10.4 Å². The zero-order valence-corrected chi connectivity index (χ0v) is 17.2. The number of aryl methyl sites for hydroxylation is 1. The number of benzene rings is 2. The fourth-order valence-electron chi connectivity index (χ4n) is 4.32. The summed E-state index contributed by atoms with van der Waals surface area (Å²) in [5, 5.41) is 11.6. The SMILES string of the molecule is COc1ccc(-c2cc(=O)oc3c(C)c(O)c(CN4CCC[C@@H](C)C4)cc23)cc1. The van der Waals surface area contributed by atoms with Crippen LogP contribution in [-0.4, -0.2) is 30.2 Å². The van der Waals surface area contributed by atoms with Crippen molar-refractivity contribution in [2.75, 3.05) is 20.2 Å². The Morgan fingerprint density at radius 1 is 1.24 bits per heavy atom. The maximum absolute atomic E-state index is 12.2. The van der Waals surface area contributed by atoms with Gasteiger partial charge in [-0.05, 0) is 61.6 Å². The van der Waals surface area contributed by atoms with E-state index < -0.39 is 5.63 Å². The third-order valence-electron chi connectivity index (χ3n) is 5.85. The van der Waals surface area contributed by atoms with E-state index in [4.69, 9.17) is 9.15 Å². The molecule has 3 aromatic rings. The molecule has 1 N–H and O–H groups in total. The topological polar surface area (TPSA) is 62.9 Å². The molecule has 5 heteroatoms. The summed E-state index contributed by atoms with van der Waals surface area (Å²) in [4.78, 5) is 14.6. The van der Waals surface area contributed by atoms with E-state index in [0.29, 0.717) is 23.6 Å². The summed E-state index contributed by atoms with van der Waals surface area (Å²) in [6, 6.07) is 11.1. The zero-order valence-electron chi connectivity index (χ0n) is 17.2. The summed E-state index contributed by atoms with van der Waals surface area (Å²) in [5.74, 6) is 1.64. The van der Waals surface area contributed by atoms with Gasteiger partial charge in [0, 0.05) is 35.7 Å². The molecule has 1 fully saturated rings. The quantitative estimate of drug-likeness (QED) is 0.650. The minimum Gasteiger partial charge on any atom is -0.507 e. The molecule has 152 valence electrons. The maximum atomic E-state index is 12.2. The first kappa shape index (κ1) is 19.5. The lowest BCUT2D eigenvalue weighted by molar-refractivity contribution is 0.175. The van der Waals surface area contributed by atoms with E-state index in [1.54, 1.807) is 14.0 Å². The molecular formula is C24H27NO4. The molecule has 2 heterocycles. The van der Waals surface area contributed by atoms with Gasteiger partial charge in [0.2, 0.25) is 0 Å². The molecule has 1 aromatic heterocycles. The molecule has 1 saturated heterocycles. The molecule has 0 aliphatic carbocycles. The monoisotopic (exact) mass is 393 g/mol. The van der Waals surface area contributed by atoms with E-state index in [-0.39, 0.29) is 5.75 Å². The molecule has 1 aliphatic rings. The van der Waals surface area contributed by atoms with Gasteiger partial charge in [0.1, 0.15) is 17.1 Å². The fourth-order valence-corrected chi connectivity index (χ4v) is 4.32. The number of fused-ring (bicyclic) bond motifs is 1. The van der Waals surface area contributed by atoms with E-state index >= 15 is 0 Å². The number of phenols is 1. The third kappa shape index (κ3) is 3.87. The number of hydrogen-bond acceptors (Lipinski definition) is 5. The van der Waals surface area contributed by atoms with Crippen molar-refractivity contribution in [2.45, 2.75) is 33.2 Å². The Kier molecular flexibility index (Phi) is 5.33. The van der Waals surface area contributed by atoms with Gasteiger partial charge in [-0.2, -0.15) is 0 Å². The summed E-state index contributed by atoms with van der Waals surface area (Å²) >= 11 is 0. The van der Waals surface area contributed by atoms with Crippen LogP contribution in [0.3, 0.4) is 0 Å². The van der Waals surface area contributed by atoms with Gasteiger partial charge < -0.3 is 14.3 Å². The highest BCUT2D eigenvalue weighted by molar-refractivity contribution is 5.96. The van der Waals surface area contributed by atoms with Crippen molar-refractivity contribution in [2.24, 2.45) is 5.92 Å². The van der Waals surface area contributed by atoms with Crippen LogP contribution in [0.5, 0.6) is 11.5 Å². The number of phenolic OH excluding ortho intramolecular Hbond substituents is 1. The molecule has 1 aliphatic heterocycles. The van der Waals surface area contributed by atoms with Crippen LogP contribution in [0.2, 0.25) is 0 Å². The molecule has 0 unspecified atom stereocenters. The Labute approximate surface area is 170 Å². The molecule has 0 saturated carbocycles. The first-order chi connectivity index (χ1) is 14.0. The molecule has 2 aromatic carbocycles. The smallest absolute Gasteiger partial charge is 0.336 e. The van der Waals surface area contributed by atoms with E-state index in [0.717, 1.165) is 40.9 Å². The summed E-state index contributed by atoms with van der Waals surface area (Å²) in [6.45, 7) is 6.84. The van der Waals surface area contributed by atoms with Crippen molar-refractivity contribution < 1.29 is 14.3 Å². The zero-order chi connectivity index (χ0) is 20.5. The van der Waals surface area contributed by atoms with Crippen molar-refractivity contribution >= 4 is 11.0 Å². The van der Waals surface area contributed by atoms with Crippen LogP contribution in [0, 0.1) is 12.8 Å². The molecule has 4 rings (SSSR count).